The van der Waals surface area contributed by atoms with Crippen molar-refractivity contribution in [1.82, 2.24) is 14.7 Å². The van der Waals surface area contributed by atoms with E-state index in [-0.39, 0.29) is 18.4 Å². The highest BCUT2D eigenvalue weighted by Gasteiger charge is 2.38. The summed E-state index contributed by atoms with van der Waals surface area (Å²) < 4.78 is 40.3. The normalized spacial score (nSPS) is 17.9. The van der Waals surface area contributed by atoms with Crippen molar-refractivity contribution in [2.24, 2.45) is 0 Å². The number of benzene rings is 1. The van der Waals surface area contributed by atoms with Gasteiger partial charge in [0.25, 0.3) is 0 Å². The van der Waals surface area contributed by atoms with Crippen molar-refractivity contribution >= 4 is 23.2 Å². The maximum atomic E-state index is 13.0. The molecule has 0 N–H and O–H groups in total. The Morgan fingerprint density at radius 2 is 1.86 bits per heavy atom. The van der Waals surface area contributed by atoms with Crippen molar-refractivity contribution in [2.45, 2.75) is 31.5 Å². The van der Waals surface area contributed by atoms with Crippen LogP contribution in [0.1, 0.15) is 30.1 Å². The molecule has 0 radical (unpaired) electrons. The molecule has 5 nitrogen and oxygen atoms in total. The zero-order valence-corrected chi connectivity index (χ0v) is 15.9. The van der Waals surface area contributed by atoms with Gasteiger partial charge in [-0.25, -0.2) is 0 Å². The first kappa shape index (κ1) is 19.1. The molecule has 0 spiro atoms. The Morgan fingerprint density at radius 1 is 1.14 bits per heavy atom. The van der Waals surface area contributed by atoms with Crippen LogP contribution in [0.2, 0.25) is 5.02 Å². The topological polar surface area (TPSA) is 41.4 Å². The van der Waals surface area contributed by atoms with Crippen molar-refractivity contribution in [3.63, 3.8) is 0 Å². The number of carbonyl (C=O) groups is 1. The van der Waals surface area contributed by atoms with Crippen LogP contribution in [-0.2, 0) is 17.5 Å². The molecule has 2 aliphatic rings. The lowest BCUT2D eigenvalue weighted by atomic mass is 10.2. The van der Waals surface area contributed by atoms with E-state index in [0.717, 1.165) is 24.6 Å². The molecule has 2 aromatic rings. The summed E-state index contributed by atoms with van der Waals surface area (Å²) in [4.78, 5) is 16.5. The van der Waals surface area contributed by atoms with E-state index in [4.69, 9.17) is 11.6 Å². The van der Waals surface area contributed by atoms with Gasteiger partial charge in [-0.15, -0.1) is 0 Å². The second kappa shape index (κ2) is 7.31. The Morgan fingerprint density at radius 3 is 2.46 bits per heavy atom. The number of anilines is 1. The summed E-state index contributed by atoms with van der Waals surface area (Å²) in [7, 11) is 0. The minimum absolute atomic E-state index is 0.0797. The number of rotatable bonds is 4. The van der Waals surface area contributed by atoms with Gasteiger partial charge >= 0.3 is 6.18 Å². The Kier molecular flexibility index (Phi) is 4.99. The van der Waals surface area contributed by atoms with Crippen LogP contribution in [0.4, 0.5) is 18.9 Å². The fraction of sp³-hybridized carbons (Fsp3) is 0.474. The zero-order valence-electron chi connectivity index (χ0n) is 15.1. The summed E-state index contributed by atoms with van der Waals surface area (Å²) in [6.45, 7) is 2.16. The molecule has 2 fully saturated rings. The molecule has 1 amide bonds. The number of piperazine rings is 1. The van der Waals surface area contributed by atoms with E-state index in [2.05, 4.69) is 10.00 Å². The minimum Gasteiger partial charge on any atom is -0.368 e. The smallest absolute Gasteiger partial charge is 0.368 e. The molecule has 2 heterocycles. The van der Waals surface area contributed by atoms with Gasteiger partial charge in [0.15, 0.2) is 5.69 Å². The molecule has 1 aliphatic heterocycles. The molecule has 1 aliphatic carbocycles. The van der Waals surface area contributed by atoms with E-state index >= 15 is 0 Å². The highest BCUT2D eigenvalue weighted by Crippen LogP contribution is 2.42. The van der Waals surface area contributed by atoms with Gasteiger partial charge in [-0.2, -0.15) is 18.3 Å². The molecular weight excluding hydrogens is 393 g/mol. The fourth-order valence-corrected chi connectivity index (χ4v) is 3.70. The number of amides is 1. The van der Waals surface area contributed by atoms with Crippen LogP contribution in [0.25, 0.3) is 0 Å². The van der Waals surface area contributed by atoms with Gasteiger partial charge in [0.05, 0.1) is 0 Å². The maximum Gasteiger partial charge on any atom is 0.435 e. The third kappa shape index (κ3) is 4.11. The third-order valence-corrected chi connectivity index (χ3v) is 5.42. The molecular formula is C19H20ClF3N4O. The van der Waals surface area contributed by atoms with E-state index < -0.39 is 11.9 Å². The van der Waals surface area contributed by atoms with Crippen LogP contribution in [0, 0.1) is 0 Å². The number of halogens is 4. The lowest BCUT2D eigenvalue weighted by Crippen LogP contribution is -2.49. The molecule has 4 rings (SSSR count). The van der Waals surface area contributed by atoms with Crippen molar-refractivity contribution in [3.05, 3.63) is 46.7 Å². The minimum atomic E-state index is -4.50. The maximum absolute atomic E-state index is 13.0. The van der Waals surface area contributed by atoms with Gasteiger partial charge in [0, 0.05) is 48.5 Å². The van der Waals surface area contributed by atoms with Crippen molar-refractivity contribution in [3.8, 4) is 0 Å². The number of alkyl halides is 3. The van der Waals surface area contributed by atoms with Crippen LogP contribution in [-0.4, -0.2) is 46.8 Å². The first-order chi connectivity index (χ1) is 13.3. The highest BCUT2D eigenvalue weighted by molar-refractivity contribution is 6.30. The Labute approximate surface area is 165 Å². The van der Waals surface area contributed by atoms with Gasteiger partial charge in [0.1, 0.15) is 6.54 Å². The van der Waals surface area contributed by atoms with E-state index in [1.165, 1.54) is 4.68 Å². The molecule has 0 unspecified atom stereocenters. The van der Waals surface area contributed by atoms with Crippen LogP contribution < -0.4 is 4.90 Å². The van der Waals surface area contributed by atoms with E-state index in [0.29, 0.717) is 36.9 Å². The Hall–Kier alpha value is -2.22. The molecule has 9 heteroatoms. The quantitative estimate of drug-likeness (QED) is 0.767. The second-order valence-electron chi connectivity index (χ2n) is 7.23. The van der Waals surface area contributed by atoms with Crippen LogP contribution in [0.5, 0.6) is 0 Å². The van der Waals surface area contributed by atoms with E-state index in [1.54, 1.807) is 4.90 Å². The van der Waals surface area contributed by atoms with Crippen molar-refractivity contribution in [1.29, 1.82) is 0 Å². The van der Waals surface area contributed by atoms with Crippen LogP contribution >= 0.6 is 11.6 Å². The number of hydrogen-bond acceptors (Lipinski definition) is 3. The summed E-state index contributed by atoms with van der Waals surface area (Å²) in [6, 6.07) is 8.62. The highest BCUT2D eigenvalue weighted by atomic mass is 35.5. The second-order valence-corrected chi connectivity index (χ2v) is 7.67. The molecule has 0 bridgehead atoms. The molecule has 1 saturated carbocycles. The SMILES string of the molecule is O=C(Cn1nc(C(F)(F)F)cc1C1CC1)N1CCN(c2cccc(Cl)c2)CC1. The van der Waals surface area contributed by atoms with Gasteiger partial charge in [-0.3, -0.25) is 9.48 Å². The fourth-order valence-electron chi connectivity index (χ4n) is 3.52. The Balaban J connectivity index is 1.40. The molecule has 1 aromatic heterocycles. The van der Waals surface area contributed by atoms with Crippen molar-refractivity contribution < 1.29 is 18.0 Å². The third-order valence-electron chi connectivity index (χ3n) is 5.19. The molecule has 1 saturated heterocycles. The summed E-state index contributed by atoms with van der Waals surface area (Å²) in [5.74, 6) is -0.124. The summed E-state index contributed by atoms with van der Waals surface area (Å²) in [5, 5.41) is 4.32. The first-order valence-electron chi connectivity index (χ1n) is 9.24. The predicted octanol–water partition coefficient (Wildman–Crippen LogP) is 3.78. The largest absolute Gasteiger partial charge is 0.435 e. The van der Waals surface area contributed by atoms with Gasteiger partial charge in [-0.1, -0.05) is 17.7 Å². The van der Waals surface area contributed by atoms with Crippen molar-refractivity contribution in [2.75, 3.05) is 31.1 Å². The van der Waals surface area contributed by atoms with E-state index in [1.807, 2.05) is 24.3 Å². The lowest BCUT2D eigenvalue weighted by Gasteiger charge is -2.36. The molecule has 0 atom stereocenters. The Bertz CT molecular complexity index is 870. The van der Waals surface area contributed by atoms with Crippen LogP contribution in [0.15, 0.2) is 30.3 Å². The molecule has 1 aromatic carbocycles. The molecule has 28 heavy (non-hydrogen) atoms. The zero-order chi connectivity index (χ0) is 19.9. The number of hydrogen-bond donors (Lipinski definition) is 0. The van der Waals surface area contributed by atoms with Gasteiger partial charge in [-0.05, 0) is 37.1 Å². The summed E-state index contributed by atoms with van der Waals surface area (Å²) in [6.07, 6.45) is -2.81. The standard InChI is InChI=1S/C19H20ClF3N4O/c20-14-2-1-3-15(10-14)25-6-8-26(9-7-25)18(28)12-27-16(13-4-5-13)11-17(24-27)19(21,22)23/h1-3,10-11,13H,4-9,12H2. The monoisotopic (exact) mass is 412 g/mol. The van der Waals surface area contributed by atoms with E-state index in [9.17, 15) is 18.0 Å². The summed E-state index contributed by atoms with van der Waals surface area (Å²) in [5.41, 5.74) is 0.587. The van der Waals surface area contributed by atoms with Gasteiger partial charge in [0.2, 0.25) is 5.91 Å². The lowest BCUT2D eigenvalue weighted by molar-refractivity contribution is -0.142. The average molecular weight is 413 g/mol. The number of nitrogens with zero attached hydrogens (tertiary/aromatic N) is 4. The van der Waals surface area contributed by atoms with Crippen LogP contribution in [0.3, 0.4) is 0 Å². The average Bonchev–Trinajstić information content (AvgIpc) is 3.41. The predicted molar refractivity (Wildman–Crippen MR) is 99.4 cm³/mol. The number of aromatic nitrogens is 2. The van der Waals surface area contributed by atoms with Gasteiger partial charge < -0.3 is 9.80 Å². The number of carbonyl (C=O) groups excluding carboxylic acids is 1. The summed E-state index contributed by atoms with van der Waals surface area (Å²) >= 11 is 6.03. The molecule has 150 valence electrons. The first-order valence-corrected chi connectivity index (χ1v) is 9.62.